The van der Waals surface area contributed by atoms with Gasteiger partial charge in [-0.1, -0.05) is 6.92 Å². The maximum absolute atomic E-state index is 12.9. The Balaban J connectivity index is 1.98. The molecule has 4 heteroatoms. The van der Waals surface area contributed by atoms with Crippen molar-refractivity contribution in [2.24, 2.45) is 0 Å². The molecule has 0 radical (unpaired) electrons. The summed E-state index contributed by atoms with van der Waals surface area (Å²) >= 11 is 0. The van der Waals surface area contributed by atoms with E-state index in [0.717, 1.165) is 6.20 Å². The van der Waals surface area contributed by atoms with Crippen molar-refractivity contribution in [2.45, 2.75) is 20.0 Å². The van der Waals surface area contributed by atoms with Gasteiger partial charge in [-0.2, -0.15) is 0 Å². The van der Waals surface area contributed by atoms with Crippen LogP contribution in [-0.2, 0) is 6.61 Å². The van der Waals surface area contributed by atoms with Crippen molar-refractivity contribution in [3.8, 4) is 5.75 Å². The van der Waals surface area contributed by atoms with E-state index in [1.165, 1.54) is 6.07 Å². The first kappa shape index (κ1) is 13.2. The molecule has 98 valence electrons. The zero-order valence-electron chi connectivity index (χ0n) is 10.6. The van der Waals surface area contributed by atoms with E-state index in [2.05, 4.69) is 4.98 Å². The zero-order valence-corrected chi connectivity index (χ0v) is 10.6. The van der Waals surface area contributed by atoms with Crippen LogP contribution in [0.2, 0.25) is 0 Å². The molecule has 2 rings (SSSR count). The second kappa shape index (κ2) is 6.09. The topological polar surface area (TPSA) is 39.2 Å². The fourth-order valence-electron chi connectivity index (χ4n) is 1.64. The molecule has 0 aliphatic rings. The molecule has 0 bridgehead atoms. The minimum Gasteiger partial charge on any atom is -0.489 e. The van der Waals surface area contributed by atoms with Crippen molar-refractivity contribution in [3.63, 3.8) is 0 Å². The number of rotatable bonds is 5. The zero-order chi connectivity index (χ0) is 13.7. The van der Waals surface area contributed by atoms with Gasteiger partial charge in [-0.15, -0.1) is 0 Å². The molecule has 0 saturated heterocycles. The maximum Gasteiger partial charge on any atom is 0.162 e. The molecule has 0 fully saturated rings. The van der Waals surface area contributed by atoms with Crippen LogP contribution >= 0.6 is 0 Å². The SMILES string of the molecule is CCC(=O)c1ccc(OCc2cncc(F)c2)cc1. The molecule has 1 aromatic carbocycles. The van der Waals surface area contributed by atoms with Gasteiger partial charge in [0.15, 0.2) is 5.78 Å². The molecular formula is C15H14FNO2. The summed E-state index contributed by atoms with van der Waals surface area (Å²) < 4.78 is 18.4. The van der Waals surface area contributed by atoms with Gasteiger partial charge >= 0.3 is 0 Å². The van der Waals surface area contributed by atoms with Crippen LogP contribution < -0.4 is 4.74 Å². The number of benzene rings is 1. The van der Waals surface area contributed by atoms with Crippen LogP contribution in [0.15, 0.2) is 42.7 Å². The monoisotopic (exact) mass is 259 g/mol. The van der Waals surface area contributed by atoms with Crippen molar-refractivity contribution in [2.75, 3.05) is 0 Å². The largest absolute Gasteiger partial charge is 0.489 e. The molecule has 1 aromatic heterocycles. The molecule has 0 aliphatic carbocycles. The molecule has 2 aromatic rings. The van der Waals surface area contributed by atoms with Crippen molar-refractivity contribution in [1.29, 1.82) is 0 Å². The highest BCUT2D eigenvalue weighted by Crippen LogP contribution is 2.15. The summed E-state index contributed by atoms with van der Waals surface area (Å²) in [6.07, 6.45) is 3.18. The summed E-state index contributed by atoms with van der Waals surface area (Å²) in [6.45, 7) is 2.07. The van der Waals surface area contributed by atoms with Crippen molar-refractivity contribution >= 4 is 5.78 Å². The highest BCUT2D eigenvalue weighted by molar-refractivity contribution is 5.95. The normalized spacial score (nSPS) is 10.2. The average Bonchev–Trinajstić information content (AvgIpc) is 2.45. The summed E-state index contributed by atoms with van der Waals surface area (Å²) in [4.78, 5) is 15.2. The first-order valence-electron chi connectivity index (χ1n) is 6.04. The van der Waals surface area contributed by atoms with Gasteiger partial charge in [0.25, 0.3) is 0 Å². The number of pyridine rings is 1. The van der Waals surface area contributed by atoms with Crippen molar-refractivity contribution in [1.82, 2.24) is 4.98 Å². The van der Waals surface area contributed by atoms with E-state index in [4.69, 9.17) is 4.74 Å². The Morgan fingerprint density at radius 3 is 2.63 bits per heavy atom. The first-order chi connectivity index (χ1) is 9.19. The van der Waals surface area contributed by atoms with E-state index in [0.29, 0.717) is 23.3 Å². The molecule has 0 amide bonds. The first-order valence-corrected chi connectivity index (χ1v) is 6.04. The van der Waals surface area contributed by atoms with E-state index in [1.54, 1.807) is 30.5 Å². The lowest BCUT2D eigenvalue weighted by Crippen LogP contribution is -1.99. The Labute approximate surface area is 111 Å². The minimum atomic E-state index is -0.384. The lowest BCUT2D eigenvalue weighted by Gasteiger charge is -2.06. The maximum atomic E-state index is 12.9. The molecule has 1 heterocycles. The number of halogens is 1. The van der Waals surface area contributed by atoms with Gasteiger partial charge < -0.3 is 4.74 Å². The van der Waals surface area contributed by atoms with E-state index >= 15 is 0 Å². The number of carbonyl (C=O) groups excluding carboxylic acids is 1. The number of ketones is 1. The van der Waals surface area contributed by atoms with Crippen LogP contribution in [0.4, 0.5) is 4.39 Å². The van der Waals surface area contributed by atoms with Crippen molar-refractivity contribution in [3.05, 3.63) is 59.7 Å². The van der Waals surface area contributed by atoms with Gasteiger partial charge in [0.1, 0.15) is 18.2 Å². The second-order valence-corrected chi connectivity index (χ2v) is 4.10. The van der Waals surface area contributed by atoms with E-state index in [-0.39, 0.29) is 18.2 Å². The van der Waals surface area contributed by atoms with Gasteiger partial charge in [0, 0.05) is 23.7 Å². The number of aromatic nitrogens is 1. The van der Waals surface area contributed by atoms with Gasteiger partial charge in [-0.3, -0.25) is 9.78 Å². The predicted molar refractivity (Wildman–Crippen MR) is 69.6 cm³/mol. The van der Waals surface area contributed by atoms with Crippen LogP contribution in [-0.4, -0.2) is 10.8 Å². The second-order valence-electron chi connectivity index (χ2n) is 4.10. The highest BCUT2D eigenvalue weighted by Gasteiger charge is 2.03. The van der Waals surface area contributed by atoms with Crippen LogP contribution in [0.25, 0.3) is 0 Å². The Kier molecular flexibility index (Phi) is 4.23. The third-order valence-electron chi connectivity index (χ3n) is 2.66. The molecule has 3 nitrogen and oxygen atoms in total. The molecule has 19 heavy (non-hydrogen) atoms. The fraction of sp³-hybridized carbons (Fsp3) is 0.200. The third kappa shape index (κ3) is 3.61. The molecule has 0 unspecified atom stereocenters. The highest BCUT2D eigenvalue weighted by atomic mass is 19.1. The van der Waals surface area contributed by atoms with Gasteiger partial charge in [-0.25, -0.2) is 4.39 Å². The molecule has 0 spiro atoms. The minimum absolute atomic E-state index is 0.0980. The number of hydrogen-bond donors (Lipinski definition) is 0. The summed E-state index contributed by atoms with van der Waals surface area (Å²) in [5, 5.41) is 0. The molecular weight excluding hydrogens is 245 g/mol. The van der Waals surface area contributed by atoms with Gasteiger partial charge in [-0.05, 0) is 30.3 Å². The Morgan fingerprint density at radius 1 is 1.26 bits per heavy atom. The number of Topliss-reactive ketones (excluding diaryl/α,β-unsaturated/α-hetero) is 1. The number of carbonyl (C=O) groups is 1. The van der Waals surface area contributed by atoms with Crippen LogP contribution in [0.5, 0.6) is 5.75 Å². The van der Waals surface area contributed by atoms with Gasteiger partial charge in [0.2, 0.25) is 0 Å². The van der Waals surface area contributed by atoms with E-state index in [9.17, 15) is 9.18 Å². The Hall–Kier alpha value is -2.23. The number of nitrogens with zero attached hydrogens (tertiary/aromatic N) is 1. The third-order valence-corrected chi connectivity index (χ3v) is 2.66. The lowest BCUT2D eigenvalue weighted by molar-refractivity contribution is 0.0988. The van der Waals surface area contributed by atoms with Crippen LogP contribution in [0.1, 0.15) is 29.3 Å². The summed E-state index contributed by atoms with van der Waals surface area (Å²) in [5.41, 5.74) is 1.33. The number of ether oxygens (including phenoxy) is 1. The molecule has 0 N–H and O–H groups in total. The smallest absolute Gasteiger partial charge is 0.162 e. The summed E-state index contributed by atoms with van der Waals surface area (Å²) in [7, 11) is 0. The van der Waals surface area contributed by atoms with Gasteiger partial charge in [0.05, 0.1) is 6.20 Å². The van der Waals surface area contributed by atoms with Crippen LogP contribution in [0, 0.1) is 5.82 Å². The summed E-state index contributed by atoms with van der Waals surface area (Å²) in [5.74, 6) is 0.350. The molecule has 0 saturated carbocycles. The lowest BCUT2D eigenvalue weighted by atomic mass is 10.1. The molecule has 0 atom stereocenters. The Morgan fingerprint density at radius 2 is 2.00 bits per heavy atom. The van der Waals surface area contributed by atoms with E-state index in [1.807, 2.05) is 6.92 Å². The number of hydrogen-bond acceptors (Lipinski definition) is 3. The standard InChI is InChI=1S/C15H14FNO2/c1-2-15(18)12-3-5-14(6-4-12)19-10-11-7-13(16)9-17-8-11/h3-9H,2,10H2,1H3. The van der Waals surface area contributed by atoms with Crippen LogP contribution in [0.3, 0.4) is 0 Å². The average molecular weight is 259 g/mol. The fourth-order valence-corrected chi connectivity index (χ4v) is 1.64. The quantitative estimate of drug-likeness (QED) is 0.772. The van der Waals surface area contributed by atoms with E-state index < -0.39 is 0 Å². The Bertz CT molecular complexity index is 567. The van der Waals surface area contributed by atoms with Crippen molar-refractivity contribution < 1.29 is 13.9 Å². The molecule has 0 aliphatic heterocycles. The summed E-state index contributed by atoms with van der Waals surface area (Å²) in [6, 6.07) is 8.29. The predicted octanol–water partition coefficient (Wildman–Crippen LogP) is 3.39.